The van der Waals surface area contributed by atoms with Gasteiger partial charge in [0.05, 0.1) is 13.2 Å². The van der Waals surface area contributed by atoms with Crippen LogP contribution in [-0.4, -0.2) is 18.3 Å². The molecule has 2 nitrogen and oxygen atoms in total. The topological polar surface area (TPSA) is 29.5 Å². The van der Waals surface area contributed by atoms with Crippen molar-refractivity contribution < 1.29 is 9.84 Å². The molecule has 112 valence electrons. The highest BCUT2D eigenvalue weighted by Gasteiger charge is 2.30. The molecule has 1 N–H and O–H groups in total. The van der Waals surface area contributed by atoms with E-state index in [4.69, 9.17) is 4.74 Å². The Morgan fingerprint density at radius 3 is 2.50 bits per heavy atom. The highest BCUT2D eigenvalue weighted by Crippen LogP contribution is 2.36. The van der Waals surface area contributed by atoms with Crippen LogP contribution < -0.4 is 4.74 Å². The molecule has 1 aromatic rings. The Morgan fingerprint density at radius 2 is 1.90 bits per heavy atom. The maximum Gasteiger partial charge on any atom is 0.118 e. The summed E-state index contributed by atoms with van der Waals surface area (Å²) in [5.74, 6) is 2.91. The van der Waals surface area contributed by atoms with Crippen molar-refractivity contribution in [2.75, 3.05) is 7.11 Å². The van der Waals surface area contributed by atoms with E-state index in [2.05, 4.69) is 26.0 Å². The number of hydrogen-bond donors (Lipinski definition) is 1. The van der Waals surface area contributed by atoms with E-state index in [9.17, 15) is 5.11 Å². The Balaban J connectivity index is 1.87. The molecule has 1 fully saturated rings. The van der Waals surface area contributed by atoms with Gasteiger partial charge in [0.25, 0.3) is 0 Å². The normalized spacial score (nSPS) is 26.8. The molecule has 0 aromatic heterocycles. The van der Waals surface area contributed by atoms with Gasteiger partial charge < -0.3 is 9.84 Å². The van der Waals surface area contributed by atoms with Crippen LogP contribution in [0.4, 0.5) is 0 Å². The first-order valence-electron chi connectivity index (χ1n) is 7.91. The number of aryl methyl sites for hydroxylation is 1. The Bertz CT molecular complexity index is 396. The second-order valence-corrected chi connectivity index (χ2v) is 6.53. The number of aliphatic hydroxyl groups is 1. The monoisotopic (exact) mass is 276 g/mol. The standard InChI is InChI=1S/C18H28O2/c1-13(2)15-8-11-18(19)16(12-15)7-4-14-5-9-17(20-3)10-6-14/h5-6,9-10,13,15-16,18-19H,4,7-8,11-12H2,1-3H3. The molecule has 1 aliphatic rings. The summed E-state index contributed by atoms with van der Waals surface area (Å²) in [6.07, 6.45) is 5.42. The van der Waals surface area contributed by atoms with E-state index in [1.807, 2.05) is 12.1 Å². The van der Waals surface area contributed by atoms with Crippen LogP contribution >= 0.6 is 0 Å². The van der Waals surface area contributed by atoms with Crippen molar-refractivity contribution in [3.63, 3.8) is 0 Å². The van der Waals surface area contributed by atoms with Crippen molar-refractivity contribution in [2.24, 2.45) is 17.8 Å². The number of hydrogen-bond acceptors (Lipinski definition) is 2. The summed E-state index contributed by atoms with van der Waals surface area (Å²) in [5, 5.41) is 10.2. The highest BCUT2D eigenvalue weighted by molar-refractivity contribution is 5.27. The molecule has 0 aliphatic heterocycles. The summed E-state index contributed by atoms with van der Waals surface area (Å²) in [5.41, 5.74) is 1.34. The minimum Gasteiger partial charge on any atom is -0.497 e. The van der Waals surface area contributed by atoms with Crippen LogP contribution in [0.25, 0.3) is 0 Å². The number of benzene rings is 1. The average molecular weight is 276 g/mol. The lowest BCUT2D eigenvalue weighted by Gasteiger charge is -2.35. The van der Waals surface area contributed by atoms with E-state index < -0.39 is 0 Å². The van der Waals surface area contributed by atoms with Crippen molar-refractivity contribution in [1.82, 2.24) is 0 Å². The molecule has 2 rings (SSSR count). The van der Waals surface area contributed by atoms with E-state index in [-0.39, 0.29) is 6.10 Å². The molecule has 0 heterocycles. The number of rotatable bonds is 5. The second-order valence-electron chi connectivity index (χ2n) is 6.53. The van der Waals surface area contributed by atoms with Crippen LogP contribution in [0.3, 0.4) is 0 Å². The van der Waals surface area contributed by atoms with Crippen LogP contribution in [0.15, 0.2) is 24.3 Å². The smallest absolute Gasteiger partial charge is 0.118 e. The first-order chi connectivity index (χ1) is 9.60. The SMILES string of the molecule is COc1ccc(CCC2CC(C(C)C)CCC2O)cc1. The number of methoxy groups -OCH3 is 1. The van der Waals surface area contributed by atoms with E-state index in [0.29, 0.717) is 5.92 Å². The molecule has 1 aromatic carbocycles. The summed E-state index contributed by atoms with van der Waals surface area (Å²) in [6.45, 7) is 4.62. The molecule has 1 aliphatic carbocycles. The summed E-state index contributed by atoms with van der Waals surface area (Å²) < 4.78 is 5.18. The van der Waals surface area contributed by atoms with Gasteiger partial charge in [0.1, 0.15) is 5.75 Å². The van der Waals surface area contributed by atoms with Gasteiger partial charge in [0.15, 0.2) is 0 Å². The molecule has 1 saturated carbocycles. The van der Waals surface area contributed by atoms with Gasteiger partial charge in [0, 0.05) is 0 Å². The van der Waals surface area contributed by atoms with Crippen molar-refractivity contribution >= 4 is 0 Å². The van der Waals surface area contributed by atoms with Gasteiger partial charge in [-0.1, -0.05) is 26.0 Å². The highest BCUT2D eigenvalue weighted by atomic mass is 16.5. The zero-order chi connectivity index (χ0) is 14.5. The minimum absolute atomic E-state index is 0.0942. The Morgan fingerprint density at radius 1 is 1.20 bits per heavy atom. The fourth-order valence-electron chi connectivity index (χ4n) is 3.34. The Labute approximate surface area is 123 Å². The van der Waals surface area contributed by atoms with Crippen molar-refractivity contribution in [1.29, 1.82) is 0 Å². The lowest BCUT2D eigenvalue weighted by molar-refractivity contribution is 0.0338. The van der Waals surface area contributed by atoms with Crippen molar-refractivity contribution in [2.45, 2.75) is 52.1 Å². The van der Waals surface area contributed by atoms with Gasteiger partial charge in [-0.2, -0.15) is 0 Å². The largest absolute Gasteiger partial charge is 0.497 e. The van der Waals surface area contributed by atoms with Gasteiger partial charge in [-0.05, 0) is 67.6 Å². The fraction of sp³-hybridized carbons (Fsp3) is 0.667. The molecule has 0 spiro atoms. The maximum absolute atomic E-state index is 10.2. The van der Waals surface area contributed by atoms with Gasteiger partial charge >= 0.3 is 0 Å². The van der Waals surface area contributed by atoms with Crippen LogP contribution in [0.5, 0.6) is 5.75 Å². The third-order valence-electron chi connectivity index (χ3n) is 4.89. The van der Waals surface area contributed by atoms with Gasteiger partial charge in [0.2, 0.25) is 0 Å². The Hall–Kier alpha value is -1.02. The number of ether oxygens (including phenoxy) is 1. The van der Waals surface area contributed by atoms with E-state index in [0.717, 1.165) is 36.8 Å². The number of aliphatic hydroxyl groups excluding tert-OH is 1. The van der Waals surface area contributed by atoms with Gasteiger partial charge in [-0.25, -0.2) is 0 Å². The van der Waals surface area contributed by atoms with E-state index in [1.165, 1.54) is 18.4 Å². The molecule has 3 atom stereocenters. The van der Waals surface area contributed by atoms with E-state index in [1.54, 1.807) is 7.11 Å². The second kappa shape index (κ2) is 7.12. The summed E-state index contributed by atoms with van der Waals surface area (Å²) in [7, 11) is 1.69. The first kappa shape index (κ1) is 15.4. The molecular weight excluding hydrogens is 248 g/mol. The Kier molecular flexibility index (Phi) is 5.47. The average Bonchev–Trinajstić information content (AvgIpc) is 2.46. The lowest BCUT2D eigenvalue weighted by Crippen LogP contribution is -2.31. The third-order valence-corrected chi connectivity index (χ3v) is 4.89. The summed E-state index contributed by atoms with van der Waals surface area (Å²) in [4.78, 5) is 0. The van der Waals surface area contributed by atoms with Crippen LogP contribution in [-0.2, 0) is 6.42 Å². The fourth-order valence-corrected chi connectivity index (χ4v) is 3.34. The maximum atomic E-state index is 10.2. The lowest BCUT2D eigenvalue weighted by atomic mass is 9.73. The van der Waals surface area contributed by atoms with Crippen molar-refractivity contribution in [3.8, 4) is 5.75 Å². The minimum atomic E-state index is -0.0942. The molecular formula is C18H28O2. The predicted octanol–water partition coefficient (Wildman–Crippen LogP) is 4.06. The third kappa shape index (κ3) is 3.99. The molecule has 0 bridgehead atoms. The van der Waals surface area contributed by atoms with Crippen LogP contribution in [0, 0.1) is 17.8 Å². The molecule has 0 amide bonds. The molecule has 0 saturated heterocycles. The molecule has 20 heavy (non-hydrogen) atoms. The zero-order valence-corrected chi connectivity index (χ0v) is 13.0. The quantitative estimate of drug-likeness (QED) is 0.878. The predicted molar refractivity (Wildman–Crippen MR) is 83.0 cm³/mol. The summed E-state index contributed by atoms with van der Waals surface area (Å²) >= 11 is 0. The zero-order valence-electron chi connectivity index (χ0n) is 13.0. The van der Waals surface area contributed by atoms with Gasteiger partial charge in [-0.15, -0.1) is 0 Å². The first-order valence-corrected chi connectivity index (χ1v) is 7.91. The van der Waals surface area contributed by atoms with Gasteiger partial charge in [-0.3, -0.25) is 0 Å². The van der Waals surface area contributed by atoms with Crippen LogP contribution in [0.1, 0.15) is 45.1 Å². The van der Waals surface area contributed by atoms with E-state index >= 15 is 0 Å². The van der Waals surface area contributed by atoms with Crippen molar-refractivity contribution in [3.05, 3.63) is 29.8 Å². The molecule has 0 radical (unpaired) electrons. The molecule has 3 unspecified atom stereocenters. The van der Waals surface area contributed by atoms with Crippen LogP contribution in [0.2, 0.25) is 0 Å². The molecule has 2 heteroatoms. The summed E-state index contributed by atoms with van der Waals surface area (Å²) in [6, 6.07) is 8.30.